The Morgan fingerprint density at radius 3 is 2.39 bits per heavy atom. The van der Waals surface area contributed by atoms with E-state index in [1.807, 2.05) is 43.3 Å². The molecule has 2 rings (SSSR count). The predicted octanol–water partition coefficient (Wildman–Crippen LogP) is 3.18. The molecule has 0 saturated carbocycles. The fourth-order valence-corrected chi connectivity index (χ4v) is 2.32. The molecule has 2 aromatic rings. The topological polar surface area (TPSA) is 78.1 Å². The number of hydrogen-bond acceptors (Lipinski definition) is 6. The van der Waals surface area contributed by atoms with Gasteiger partial charge < -0.3 is 29.6 Å². The summed E-state index contributed by atoms with van der Waals surface area (Å²) in [5.41, 5.74) is 1.52. The van der Waals surface area contributed by atoms with E-state index in [1.54, 1.807) is 19.2 Å². The molecule has 1 amide bonds. The highest BCUT2D eigenvalue weighted by atomic mass is 16.5. The van der Waals surface area contributed by atoms with Crippen molar-refractivity contribution in [3.05, 3.63) is 48.5 Å². The largest absolute Gasteiger partial charge is 0.491 e. The number of nitrogens with one attached hydrogen (secondary N) is 2. The first kappa shape index (κ1) is 21.5. The highest BCUT2D eigenvalue weighted by Crippen LogP contribution is 2.18. The summed E-state index contributed by atoms with van der Waals surface area (Å²) >= 11 is 0. The molecule has 0 heterocycles. The zero-order chi connectivity index (χ0) is 20.0. The van der Waals surface area contributed by atoms with Crippen molar-refractivity contribution in [3.8, 4) is 11.5 Å². The van der Waals surface area contributed by atoms with E-state index in [0.29, 0.717) is 38.7 Å². The minimum absolute atomic E-state index is 0.143. The van der Waals surface area contributed by atoms with Crippen LogP contribution in [0.3, 0.4) is 0 Å². The average molecular weight is 388 g/mol. The molecule has 0 aliphatic carbocycles. The van der Waals surface area contributed by atoms with Crippen LogP contribution in [0.25, 0.3) is 0 Å². The van der Waals surface area contributed by atoms with E-state index in [0.717, 1.165) is 17.2 Å². The Bertz CT molecular complexity index is 706. The molecule has 28 heavy (non-hydrogen) atoms. The van der Waals surface area contributed by atoms with Gasteiger partial charge in [-0.15, -0.1) is 0 Å². The SMILES string of the molecule is CCOCCOc1cccc(NCC(=O)Nc2ccc(OCCOC)cc2)c1. The Morgan fingerprint density at radius 1 is 0.893 bits per heavy atom. The molecule has 2 N–H and O–H groups in total. The molecular weight excluding hydrogens is 360 g/mol. The summed E-state index contributed by atoms with van der Waals surface area (Å²) in [6.07, 6.45) is 0. The van der Waals surface area contributed by atoms with Gasteiger partial charge in [-0.2, -0.15) is 0 Å². The number of methoxy groups -OCH3 is 1. The number of carbonyl (C=O) groups excluding carboxylic acids is 1. The monoisotopic (exact) mass is 388 g/mol. The zero-order valence-electron chi connectivity index (χ0n) is 16.4. The molecule has 7 nitrogen and oxygen atoms in total. The van der Waals surface area contributed by atoms with Crippen LogP contribution >= 0.6 is 0 Å². The maximum atomic E-state index is 12.1. The molecule has 0 aliphatic heterocycles. The number of benzene rings is 2. The molecular formula is C21H28N2O5. The molecule has 0 unspecified atom stereocenters. The van der Waals surface area contributed by atoms with Crippen LogP contribution in [0.5, 0.6) is 11.5 Å². The fourth-order valence-electron chi connectivity index (χ4n) is 2.32. The van der Waals surface area contributed by atoms with Crippen molar-refractivity contribution in [3.63, 3.8) is 0 Å². The van der Waals surface area contributed by atoms with Gasteiger partial charge in [-0.25, -0.2) is 0 Å². The first-order valence-electron chi connectivity index (χ1n) is 9.27. The molecule has 2 aromatic carbocycles. The van der Waals surface area contributed by atoms with E-state index in [4.69, 9.17) is 18.9 Å². The van der Waals surface area contributed by atoms with Gasteiger partial charge >= 0.3 is 0 Å². The van der Waals surface area contributed by atoms with Crippen LogP contribution in [0.15, 0.2) is 48.5 Å². The van der Waals surface area contributed by atoms with Gasteiger partial charge in [-0.1, -0.05) is 6.07 Å². The van der Waals surface area contributed by atoms with E-state index in [1.165, 1.54) is 0 Å². The van der Waals surface area contributed by atoms with Crippen LogP contribution in [0, 0.1) is 0 Å². The molecule has 0 fully saturated rings. The number of anilines is 2. The van der Waals surface area contributed by atoms with Crippen LogP contribution in [0.2, 0.25) is 0 Å². The average Bonchev–Trinajstić information content (AvgIpc) is 2.72. The van der Waals surface area contributed by atoms with Crippen molar-refractivity contribution in [2.45, 2.75) is 6.92 Å². The van der Waals surface area contributed by atoms with Crippen LogP contribution in [-0.2, 0) is 14.3 Å². The van der Waals surface area contributed by atoms with Gasteiger partial charge in [0.05, 0.1) is 19.8 Å². The van der Waals surface area contributed by atoms with Crippen LogP contribution in [-0.4, -0.2) is 52.6 Å². The van der Waals surface area contributed by atoms with E-state index >= 15 is 0 Å². The van der Waals surface area contributed by atoms with E-state index in [2.05, 4.69) is 10.6 Å². The third kappa shape index (κ3) is 8.28. The summed E-state index contributed by atoms with van der Waals surface area (Å²) < 4.78 is 21.3. The molecule has 0 saturated heterocycles. The summed E-state index contributed by atoms with van der Waals surface area (Å²) in [6.45, 7) is 4.82. The number of carbonyl (C=O) groups is 1. The highest BCUT2D eigenvalue weighted by Gasteiger charge is 2.04. The smallest absolute Gasteiger partial charge is 0.243 e. The number of hydrogen-bond donors (Lipinski definition) is 2. The lowest BCUT2D eigenvalue weighted by Crippen LogP contribution is -2.21. The van der Waals surface area contributed by atoms with Gasteiger partial charge in [0.1, 0.15) is 24.7 Å². The van der Waals surface area contributed by atoms with Crippen LogP contribution in [0.1, 0.15) is 6.92 Å². The first-order chi connectivity index (χ1) is 13.7. The summed E-state index contributed by atoms with van der Waals surface area (Å²) in [5, 5.41) is 5.93. The zero-order valence-corrected chi connectivity index (χ0v) is 16.4. The maximum absolute atomic E-state index is 12.1. The van der Waals surface area contributed by atoms with E-state index < -0.39 is 0 Å². The Kier molecular flexibility index (Phi) is 9.68. The lowest BCUT2D eigenvalue weighted by Gasteiger charge is -2.11. The van der Waals surface area contributed by atoms with Crippen molar-refractivity contribution >= 4 is 17.3 Å². The van der Waals surface area contributed by atoms with Crippen LogP contribution < -0.4 is 20.1 Å². The first-order valence-corrected chi connectivity index (χ1v) is 9.27. The van der Waals surface area contributed by atoms with Crippen molar-refractivity contribution < 1.29 is 23.7 Å². The minimum atomic E-state index is -0.143. The summed E-state index contributed by atoms with van der Waals surface area (Å²) in [7, 11) is 1.63. The quantitative estimate of drug-likeness (QED) is 0.513. The highest BCUT2D eigenvalue weighted by molar-refractivity contribution is 5.93. The Hall–Kier alpha value is -2.77. The van der Waals surface area contributed by atoms with Gasteiger partial charge in [0.15, 0.2) is 0 Å². The Labute approximate surface area is 165 Å². The molecule has 0 spiro atoms. The molecule has 7 heteroatoms. The third-order valence-electron chi connectivity index (χ3n) is 3.68. The summed E-state index contributed by atoms with van der Waals surface area (Å²) in [4.78, 5) is 12.1. The maximum Gasteiger partial charge on any atom is 0.243 e. The van der Waals surface area contributed by atoms with Gasteiger partial charge in [0, 0.05) is 31.2 Å². The number of rotatable bonds is 13. The van der Waals surface area contributed by atoms with Crippen LogP contribution in [0.4, 0.5) is 11.4 Å². The minimum Gasteiger partial charge on any atom is -0.491 e. The second-order valence-electron chi connectivity index (χ2n) is 5.84. The lowest BCUT2D eigenvalue weighted by atomic mass is 10.3. The fraction of sp³-hybridized carbons (Fsp3) is 0.381. The second kappa shape index (κ2) is 12.6. The molecule has 152 valence electrons. The molecule has 0 radical (unpaired) electrons. The molecule has 0 atom stereocenters. The van der Waals surface area contributed by atoms with Crippen molar-refractivity contribution in [2.75, 3.05) is 57.3 Å². The molecule has 0 aliphatic rings. The summed E-state index contributed by atoms with van der Waals surface area (Å²) in [5.74, 6) is 1.32. The van der Waals surface area contributed by atoms with Gasteiger partial charge in [0.25, 0.3) is 0 Å². The van der Waals surface area contributed by atoms with Gasteiger partial charge in [-0.05, 0) is 43.3 Å². The van der Waals surface area contributed by atoms with Gasteiger partial charge in [0.2, 0.25) is 5.91 Å². The summed E-state index contributed by atoms with van der Waals surface area (Å²) in [6, 6.07) is 14.7. The normalized spacial score (nSPS) is 10.4. The van der Waals surface area contributed by atoms with Crippen molar-refractivity contribution in [2.24, 2.45) is 0 Å². The third-order valence-corrected chi connectivity index (χ3v) is 3.68. The van der Waals surface area contributed by atoms with Crippen molar-refractivity contribution in [1.29, 1.82) is 0 Å². The van der Waals surface area contributed by atoms with E-state index in [9.17, 15) is 4.79 Å². The van der Waals surface area contributed by atoms with Crippen molar-refractivity contribution in [1.82, 2.24) is 0 Å². The van der Waals surface area contributed by atoms with Gasteiger partial charge in [-0.3, -0.25) is 4.79 Å². The Balaban J connectivity index is 1.74. The van der Waals surface area contributed by atoms with E-state index in [-0.39, 0.29) is 12.5 Å². The predicted molar refractivity (Wildman–Crippen MR) is 109 cm³/mol. The molecule has 0 aromatic heterocycles. The number of amides is 1. The Morgan fingerprint density at radius 2 is 1.64 bits per heavy atom. The second-order valence-corrected chi connectivity index (χ2v) is 5.84. The molecule has 0 bridgehead atoms. The number of ether oxygens (including phenoxy) is 4. The standard InChI is InChI=1S/C21H28N2O5/c1-3-26-12-14-28-20-6-4-5-18(15-20)22-16-21(24)23-17-7-9-19(10-8-17)27-13-11-25-2/h4-10,15,22H,3,11-14,16H2,1-2H3,(H,23,24). The lowest BCUT2D eigenvalue weighted by molar-refractivity contribution is -0.114.